The fourth-order valence-electron chi connectivity index (χ4n) is 3.18. The van der Waals surface area contributed by atoms with Gasteiger partial charge < -0.3 is 10.1 Å². The number of nitro benzene ring substituents is 1. The molecular weight excluding hydrogens is 434 g/mol. The maximum absolute atomic E-state index is 13.1. The van der Waals surface area contributed by atoms with Gasteiger partial charge in [0.1, 0.15) is 0 Å². The molecule has 1 amide bonds. The third-order valence-corrected chi connectivity index (χ3v) is 6.70. The number of nitro groups is 1. The minimum atomic E-state index is -3.85. The minimum absolute atomic E-state index is 0.0227. The van der Waals surface area contributed by atoms with Crippen molar-refractivity contribution in [3.05, 3.63) is 63.2 Å². The van der Waals surface area contributed by atoms with Gasteiger partial charge in [0.25, 0.3) is 11.6 Å². The number of carbonyl (C=O) groups is 1. The van der Waals surface area contributed by atoms with Crippen molar-refractivity contribution in [1.29, 1.82) is 0 Å². The summed E-state index contributed by atoms with van der Waals surface area (Å²) in [6.07, 6.45) is -0.499. The fraction of sp³-hybridized carbons (Fsp3) is 0.316. The van der Waals surface area contributed by atoms with Gasteiger partial charge in [-0.25, -0.2) is 8.42 Å². The second-order valence-electron chi connectivity index (χ2n) is 6.98. The van der Waals surface area contributed by atoms with E-state index in [0.717, 1.165) is 0 Å². The quantitative estimate of drug-likeness (QED) is 0.548. The van der Waals surface area contributed by atoms with Crippen LogP contribution in [0.15, 0.2) is 47.4 Å². The van der Waals surface area contributed by atoms with E-state index >= 15 is 0 Å². The van der Waals surface area contributed by atoms with Crippen molar-refractivity contribution in [3.8, 4) is 0 Å². The molecule has 1 aliphatic heterocycles. The molecule has 2 aromatic carbocycles. The predicted molar refractivity (Wildman–Crippen MR) is 111 cm³/mol. The average Bonchev–Trinajstić information content (AvgIpc) is 2.67. The molecule has 0 radical (unpaired) electrons. The number of nitrogens with one attached hydrogen (secondary N) is 1. The largest absolute Gasteiger partial charge is 0.373 e. The zero-order valence-electron chi connectivity index (χ0n) is 16.2. The molecule has 2 aromatic rings. The Hall–Kier alpha value is -2.53. The Morgan fingerprint density at radius 1 is 1.17 bits per heavy atom. The van der Waals surface area contributed by atoms with Crippen LogP contribution in [0.5, 0.6) is 0 Å². The molecule has 160 valence electrons. The number of hydrogen-bond donors (Lipinski definition) is 1. The third kappa shape index (κ3) is 4.78. The molecule has 1 saturated heterocycles. The smallest absolute Gasteiger partial charge is 0.269 e. The van der Waals surface area contributed by atoms with E-state index in [4.69, 9.17) is 16.3 Å². The van der Waals surface area contributed by atoms with Crippen LogP contribution < -0.4 is 5.32 Å². The van der Waals surface area contributed by atoms with Gasteiger partial charge in [-0.3, -0.25) is 14.9 Å². The molecule has 0 aromatic heterocycles. The van der Waals surface area contributed by atoms with E-state index in [1.807, 2.05) is 0 Å². The Morgan fingerprint density at radius 3 is 2.33 bits per heavy atom. The Kier molecular flexibility index (Phi) is 6.41. The van der Waals surface area contributed by atoms with E-state index in [1.165, 1.54) is 46.8 Å². The van der Waals surface area contributed by atoms with Crippen molar-refractivity contribution in [1.82, 2.24) is 4.31 Å². The lowest BCUT2D eigenvalue weighted by molar-refractivity contribution is -0.384. The van der Waals surface area contributed by atoms with Crippen LogP contribution in [0.4, 0.5) is 11.4 Å². The van der Waals surface area contributed by atoms with Crippen LogP contribution >= 0.6 is 11.6 Å². The molecule has 0 aliphatic carbocycles. The molecule has 0 spiro atoms. The van der Waals surface area contributed by atoms with E-state index in [1.54, 1.807) is 13.8 Å². The van der Waals surface area contributed by atoms with Gasteiger partial charge in [0.05, 0.1) is 32.6 Å². The van der Waals surface area contributed by atoms with Gasteiger partial charge >= 0.3 is 0 Å². The molecule has 1 N–H and O–H groups in total. The van der Waals surface area contributed by atoms with E-state index in [9.17, 15) is 23.3 Å². The maximum atomic E-state index is 13.1. The Morgan fingerprint density at radius 2 is 1.77 bits per heavy atom. The first-order valence-corrected chi connectivity index (χ1v) is 10.9. The number of anilines is 1. The van der Waals surface area contributed by atoms with Crippen molar-refractivity contribution in [3.63, 3.8) is 0 Å². The number of hydrogen-bond acceptors (Lipinski definition) is 6. The Labute approximate surface area is 178 Å². The van der Waals surface area contributed by atoms with E-state index in [0.29, 0.717) is 5.69 Å². The molecular formula is C19H20ClN3O6S. The predicted octanol–water partition coefficient (Wildman–Crippen LogP) is 3.30. The number of benzene rings is 2. The number of halogens is 1. The first kappa shape index (κ1) is 22.2. The third-order valence-electron chi connectivity index (χ3n) is 4.54. The van der Waals surface area contributed by atoms with E-state index in [2.05, 4.69) is 5.32 Å². The molecule has 1 aliphatic rings. The lowest BCUT2D eigenvalue weighted by Gasteiger charge is -2.34. The number of rotatable bonds is 5. The van der Waals surface area contributed by atoms with Crippen molar-refractivity contribution >= 4 is 38.9 Å². The minimum Gasteiger partial charge on any atom is -0.373 e. The van der Waals surface area contributed by atoms with Crippen molar-refractivity contribution in [2.24, 2.45) is 0 Å². The summed E-state index contributed by atoms with van der Waals surface area (Å²) in [5.74, 6) is -0.630. The molecule has 1 fully saturated rings. The molecule has 0 unspecified atom stereocenters. The number of carbonyl (C=O) groups excluding carboxylic acids is 1. The van der Waals surface area contributed by atoms with Gasteiger partial charge in [0.15, 0.2) is 0 Å². The second kappa shape index (κ2) is 8.68. The molecule has 3 rings (SSSR count). The molecule has 2 atom stereocenters. The fourth-order valence-corrected chi connectivity index (χ4v) is 5.00. The highest BCUT2D eigenvalue weighted by Crippen LogP contribution is 2.26. The standard InChI is InChI=1S/C19H20ClN3O6S/c1-12-10-22(11-13(2)29-12)30(27,28)16-7-8-18(20)17(9-16)19(24)21-14-3-5-15(6-4-14)23(25)26/h3-9,12-13H,10-11H2,1-2H3,(H,21,24)/t12-,13+. The highest BCUT2D eigenvalue weighted by atomic mass is 35.5. The first-order chi connectivity index (χ1) is 14.1. The van der Waals surface area contributed by atoms with E-state index in [-0.39, 0.29) is 46.5 Å². The zero-order chi connectivity index (χ0) is 22.1. The highest BCUT2D eigenvalue weighted by Gasteiger charge is 2.32. The van der Waals surface area contributed by atoms with Gasteiger partial charge in [-0.1, -0.05) is 11.6 Å². The van der Waals surface area contributed by atoms with Gasteiger partial charge in [-0.2, -0.15) is 4.31 Å². The van der Waals surface area contributed by atoms with Gasteiger partial charge in [-0.15, -0.1) is 0 Å². The second-order valence-corrected chi connectivity index (χ2v) is 9.32. The summed E-state index contributed by atoms with van der Waals surface area (Å²) in [5.41, 5.74) is 0.171. The number of non-ortho nitro benzene ring substituents is 1. The number of nitrogens with zero attached hydrogens (tertiary/aromatic N) is 2. The van der Waals surface area contributed by atoms with Crippen molar-refractivity contribution in [2.75, 3.05) is 18.4 Å². The van der Waals surface area contributed by atoms with Gasteiger partial charge in [-0.05, 0) is 44.2 Å². The number of ether oxygens (including phenoxy) is 1. The lowest BCUT2D eigenvalue weighted by atomic mass is 10.2. The maximum Gasteiger partial charge on any atom is 0.269 e. The lowest BCUT2D eigenvalue weighted by Crippen LogP contribution is -2.48. The van der Waals surface area contributed by atoms with Crippen LogP contribution in [0.1, 0.15) is 24.2 Å². The molecule has 11 heteroatoms. The summed E-state index contributed by atoms with van der Waals surface area (Å²) < 4.78 is 33.0. The van der Waals surface area contributed by atoms with Crippen molar-refractivity contribution in [2.45, 2.75) is 31.0 Å². The zero-order valence-corrected chi connectivity index (χ0v) is 17.8. The molecule has 0 saturated carbocycles. The van der Waals surface area contributed by atoms with Crippen LogP contribution in [-0.4, -0.2) is 48.9 Å². The highest BCUT2D eigenvalue weighted by molar-refractivity contribution is 7.89. The summed E-state index contributed by atoms with van der Waals surface area (Å²) in [7, 11) is -3.85. The number of morpholine rings is 1. The van der Waals surface area contributed by atoms with Crippen LogP contribution in [0.3, 0.4) is 0 Å². The number of sulfonamides is 1. The van der Waals surface area contributed by atoms with Gasteiger partial charge in [0, 0.05) is 30.9 Å². The summed E-state index contributed by atoms with van der Waals surface area (Å²) in [5, 5.41) is 13.4. The Bertz CT molecular complexity index is 1060. The monoisotopic (exact) mass is 453 g/mol. The summed E-state index contributed by atoms with van der Waals surface area (Å²) in [4.78, 5) is 22.8. The Balaban J connectivity index is 1.85. The molecule has 0 bridgehead atoms. The molecule has 1 heterocycles. The molecule has 9 nitrogen and oxygen atoms in total. The van der Waals surface area contributed by atoms with Crippen LogP contribution in [-0.2, 0) is 14.8 Å². The molecule has 30 heavy (non-hydrogen) atoms. The summed E-state index contributed by atoms with van der Waals surface area (Å²) in [6, 6.07) is 9.18. The number of amides is 1. The summed E-state index contributed by atoms with van der Waals surface area (Å²) >= 11 is 6.13. The first-order valence-electron chi connectivity index (χ1n) is 9.09. The normalized spacial score (nSPS) is 20.0. The van der Waals surface area contributed by atoms with Crippen LogP contribution in [0.25, 0.3) is 0 Å². The topological polar surface area (TPSA) is 119 Å². The summed E-state index contributed by atoms with van der Waals surface area (Å²) in [6.45, 7) is 4.01. The van der Waals surface area contributed by atoms with Crippen molar-refractivity contribution < 1.29 is 22.9 Å². The SMILES string of the molecule is C[C@@H]1CN(S(=O)(=O)c2ccc(Cl)c(C(=O)Nc3ccc([N+](=O)[O-])cc3)c2)C[C@H](C)O1. The van der Waals surface area contributed by atoms with Crippen LogP contribution in [0.2, 0.25) is 5.02 Å². The average molecular weight is 454 g/mol. The van der Waals surface area contributed by atoms with Gasteiger partial charge in [0.2, 0.25) is 10.0 Å². The van der Waals surface area contributed by atoms with Crippen LogP contribution in [0, 0.1) is 10.1 Å². The van der Waals surface area contributed by atoms with E-state index < -0.39 is 20.9 Å².